The van der Waals surface area contributed by atoms with E-state index in [0.29, 0.717) is 13.0 Å². The van der Waals surface area contributed by atoms with E-state index in [-0.39, 0.29) is 22.7 Å². The first-order valence-electron chi connectivity index (χ1n) is 5.71. The Morgan fingerprint density at radius 3 is 2.50 bits per heavy atom. The summed E-state index contributed by atoms with van der Waals surface area (Å²) in [5, 5.41) is 2.84. The van der Waals surface area contributed by atoms with Crippen molar-refractivity contribution in [3.63, 3.8) is 0 Å². The normalized spacial score (nSPS) is 40.4. The molecule has 2 aliphatic rings. The highest BCUT2D eigenvalue weighted by molar-refractivity contribution is 5.89. The molecule has 1 amide bonds. The molecule has 4 heteroatoms. The lowest BCUT2D eigenvalue weighted by Gasteiger charge is -2.50. The van der Waals surface area contributed by atoms with Crippen LogP contribution in [-0.2, 0) is 14.3 Å². The van der Waals surface area contributed by atoms with Crippen molar-refractivity contribution < 1.29 is 14.3 Å². The van der Waals surface area contributed by atoms with E-state index in [4.69, 9.17) is 4.74 Å². The van der Waals surface area contributed by atoms with Gasteiger partial charge in [0.15, 0.2) is 0 Å². The fourth-order valence-electron chi connectivity index (χ4n) is 3.13. The predicted molar refractivity (Wildman–Crippen MR) is 58.6 cm³/mol. The van der Waals surface area contributed by atoms with Crippen molar-refractivity contribution in [2.24, 2.45) is 10.8 Å². The summed E-state index contributed by atoms with van der Waals surface area (Å²) in [5.74, 6) is -0.446. The minimum absolute atomic E-state index is 0.0383. The van der Waals surface area contributed by atoms with Crippen LogP contribution in [-0.4, -0.2) is 24.0 Å². The van der Waals surface area contributed by atoms with Crippen LogP contribution in [0.1, 0.15) is 40.5 Å². The van der Waals surface area contributed by atoms with Gasteiger partial charge < -0.3 is 10.1 Å². The molecule has 2 rings (SSSR count). The number of amides is 1. The lowest BCUT2D eigenvalue weighted by Crippen LogP contribution is -2.66. The van der Waals surface area contributed by atoms with Crippen LogP contribution in [0.25, 0.3) is 0 Å². The van der Waals surface area contributed by atoms with E-state index < -0.39 is 5.54 Å². The fraction of sp³-hybridized carbons (Fsp3) is 0.833. The number of rotatable bonds is 1. The van der Waals surface area contributed by atoms with Gasteiger partial charge in [0.05, 0.1) is 6.61 Å². The maximum atomic E-state index is 12.0. The Hall–Kier alpha value is -1.06. The van der Waals surface area contributed by atoms with Gasteiger partial charge in [-0.3, -0.25) is 4.79 Å². The quantitative estimate of drug-likeness (QED) is 0.683. The van der Waals surface area contributed by atoms with E-state index >= 15 is 0 Å². The van der Waals surface area contributed by atoms with Gasteiger partial charge in [-0.1, -0.05) is 20.8 Å². The van der Waals surface area contributed by atoms with E-state index in [1.165, 1.54) is 6.92 Å². The maximum absolute atomic E-state index is 12.0. The van der Waals surface area contributed by atoms with Gasteiger partial charge in [0.2, 0.25) is 5.91 Å². The van der Waals surface area contributed by atoms with Crippen molar-refractivity contribution in [3.8, 4) is 0 Å². The fourth-order valence-corrected chi connectivity index (χ4v) is 3.13. The van der Waals surface area contributed by atoms with Crippen LogP contribution >= 0.6 is 0 Å². The summed E-state index contributed by atoms with van der Waals surface area (Å²) < 4.78 is 5.25. The van der Waals surface area contributed by atoms with Crippen LogP contribution in [0.15, 0.2) is 0 Å². The molecule has 1 N–H and O–H groups in total. The largest absolute Gasteiger partial charge is 0.463 e. The number of fused-ring (bicyclic) bond motifs is 2. The van der Waals surface area contributed by atoms with Gasteiger partial charge in [0.25, 0.3) is 0 Å². The van der Waals surface area contributed by atoms with Crippen LogP contribution in [0.4, 0.5) is 0 Å². The third-order valence-corrected chi connectivity index (χ3v) is 4.89. The van der Waals surface area contributed by atoms with Crippen LogP contribution in [0.5, 0.6) is 0 Å². The molecule has 0 radical (unpaired) electrons. The molecular formula is C12H19NO3. The van der Waals surface area contributed by atoms with Crippen LogP contribution in [0.2, 0.25) is 0 Å². The molecule has 0 aromatic carbocycles. The average Bonchev–Trinajstić information content (AvgIpc) is 2.31. The smallest absolute Gasteiger partial charge is 0.332 e. The zero-order chi connectivity index (χ0) is 12.2. The van der Waals surface area contributed by atoms with Gasteiger partial charge in [-0.15, -0.1) is 0 Å². The molecule has 2 bridgehead atoms. The molecule has 1 heterocycles. The highest BCUT2D eigenvalue weighted by Gasteiger charge is 2.68. The Morgan fingerprint density at radius 1 is 1.31 bits per heavy atom. The van der Waals surface area contributed by atoms with E-state index in [9.17, 15) is 9.59 Å². The summed E-state index contributed by atoms with van der Waals surface area (Å²) in [6.07, 6.45) is 1.58. The van der Waals surface area contributed by atoms with Gasteiger partial charge in [-0.05, 0) is 12.8 Å². The standard InChI is InChI=1S/C12H19NO3/c1-8(14)13-12-6-5-11(4,10(12,2)3)7-16-9(12)15/h5-7H2,1-4H3,(H,13,14)/t11-,12-/m0/s1. The number of hydrogen-bond acceptors (Lipinski definition) is 3. The molecule has 90 valence electrons. The Bertz CT molecular complexity index is 363. The minimum atomic E-state index is -0.828. The van der Waals surface area contributed by atoms with Crippen molar-refractivity contribution in [2.45, 2.75) is 46.1 Å². The summed E-state index contributed by atoms with van der Waals surface area (Å²) in [5.41, 5.74) is -1.13. The summed E-state index contributed by atoms with van der Waals surface area (Å²) >= 11 is 0. The van der Waals surface area contributed by atoms with Crippen molar-refractivity contribution in [3.05, 3.63) is 0 Å². The molecule has 0 unspecified atom stereocenters. The Balaban J connectivity index is 2.48. The molecule has 1 aliphatic carbocycles. The maximum Gasteiger partial charge on any atom is 0.332 e. The second kappa shape index (κ2) is 2.99. The molecule has 0 spiro atoms. The SMILES string of the molecule is CC(=O)N[C@@]12CC[C@@](C)(COC1=O)C2(C)C. The van der Waals surface area contributed by atoms with Gasteiger partial charge >= 0.3 is 5.97 Å². The molecule has 1 saturated carbocycles. The van der Waals surface area contributed by atoms with Gasteiger partial charge in [0.1, 0.15) is 5.54 Å². The molecule has 2 atom stereocenters. The average molecular weight is 225 g/mol. The van der Waals surface area contributed by atoms with Crippen LogP contribution in [0.3, 0.4) is 0 Å². The Morgan fingerprint density at radius 2 is 1.94 bits per heavy atom. The summed E-state index contributed by atoms with van der Waals surface area (Å²) in [7, 11) is 0. The lowest BCUT2D eigenvalue weighted by molar-refractivity contribution is -0.178. The van der Waals surface area contributed by atoms with Gasteiger partial charge in [-0.2, -0.15) is 0 Å². The number of cyclic esters (lactones) is 1. The lowest BCUT2D eigenvalue weighted by atomic mass is 9.61. The number of esters is 1. The molecule has 0 aromatic rings. The number of carbonyl (C=O) groups excluding carboxylic acids is 2. The van der Waals surface area contributed by atoms with Crippen molar-refractivity contribution in [1.29, 1.82) is 0 Å². The van der Waals surface area contributed by atoms with E-state index in [0.717, 1.165) is 6.42 Å². The van der Waals surface area contributed by atoms with Crippen molar-refractivity contribution in [1.82, 2.24) is 5.32 Å². The predicted octanol–water partition coefficient (Wildman–Crippen LogP) is 1.24. The molecule has 2 fully saturated rings. The second-order valence-electron chi connectivity index (χ2n) is 5.85. The molecular weight excluding hydrogens is 206 g/mol. The monoisotopic (exact) mass is 225 g/mol. The first-order chi connectivity index (χ1) is 7.25. The molecule has 4 nitrogen and oxygen atoms in total. The van der Waals surface area contributed by atoms with Crippen LogP contribution in [0, 0.1) is 10.8 Å². The van der Waals surface area contributed by atoms with E-state index in [1.807, 2.05) is 0 Å². The third kappa shape index (κ3) is 1.10. The zero-order valence-corrected chi connectivity index (χ0v) is 10.3. The van der Waals surface area contributed by atoms with Crippen LogP contribution < -0.4 is 5.32 Å². The highest BCUT2D eigenvalue weighted by atomic mass is 16.5. The number of carbonyl (C=O) groups is 2. The van der Waals surface area contributed by atoms with E-state index in [1.54, 1.807) is 0 Å². The van der Waals surface area contributed by atoms with Crippen molar-refractivity contribution >= 4 is 11.9 Å². The summed E-state index contributed by atoms with van der Waals surface area (Å²) in [6.45, 7) is 8.14. The second-order valence-corrected chi connectivity index (χ2v) is 5.85. The highest BCUT2D eigenvalue weighted by Crippen LogP contribution is 2.60. The Kier molecular flexibility index (Phi) is 2.14. The minimum Gasteiger partial charge on any atom is -0.463 e. The third-order valence-electron chi connectivity index (χ3n) is 4.89. The summed E-state index contributed by atoms with van der Waals surface area (Å²) in [6, 6.07) is 0. The van der Waals surface area contributed by atoms with Gasteiger partial charge in [0, 0.05) is 17.8 Å². The number of nitrogens with one attached hydrogen (secondary N) is 1. The number of hydrogen-bond donors (Lipinski definition) is 1. The molecule has 1 saturated heterocycles. The number of ether oxygens (including phenoxy) is 1. The molecule has 1 aliphatic heterocycles. The summed E-state index contributed by atoms with van der Waals surface area (Å²) in [4.78, 5) is 23.3. The molecule has 16 heavy (non-hydrogen) atoms. The topological polar surface area (TPSA) is 55.4 Å². The van der Waals surface area contributed by atoms with Crippen molar-refractivity contribution in [2.75, 3.05) is 6.61 Å². The van der Waals surface area contributed by atoms with Gasteiger partial charge in [-0.25, -0.2) is 4.79 Å². The Labute approximate surface area is 95.7 Å². The first kappa shape index (κ1) is 11.4. The van der Waals surface area contributed by atoms with E-state index in [2.05, 4.69) is 26.1 Å². The first-order valence-corrected chi connectivity index (χ1v) is 5.71. The zero-order valence-electron chi connectivity index (χ0n) is 10.3. The molecule has 0 aromatic heterocycles.